The normalized spacial score (nSPS) is 11.3. The first-order chi connectivity index (χ1) is 8.13. The van der Waals surface area contributed by atoms with Gasteiger partial charge in [0.1, 0.15) is 0 Å². The summed E-state index contributed by atoms with van der Waals surface area (Å²) >= 11 is 0. The minimum Gasteiger partial charge on any atom is -0.358 e. The zero-order valence-corrected chi connectivity index (χ0v) is 11.3. The molecule has 1 aromatic heterocycles. The van der Waals surface area contributed by atoms with Crippen molar-refractivity contribution in [3.05, 3.63) is 34.5 Å². The molecule has 0 fully saturated rings. The van der Waals surface area contributed by atoms with Gasteiger partial charge in [-0.2, -0.15) is 0 Å². The first kappa shape index (κ1) is 12.2. The lowest BCUT2D eigenvalue weighted by Crippen LogP contribution is -2.14. The summed E-state index contributed by atoms with van der Waals surface area (Å²) in [6.45, 7) is 10.8. The third kappa shape index (κ3) is 2.37. The van der Waals surface area contributed by atoms with Gasteiger partial charge in [-0.3, -0.25) is 0 Å². The summed E-state index contributed by atoms with van der Waals surface area (Å²) in [7, 11) is 0. The van der Waals surface area contributed by atoms with E-state index in [1.165, 1.54) is 39.7 Å². The molecule has 1 aromatic carbocycles. The number of nitrogens with one attached hydrogen (secondary N) is 2. The highest BCUT2D eigenvalue weighted by Crippen LogP contribution is 2.26. The van der Waals surface area contributed by atoms with Gasteiger partial charge in [0.2, 0.25) is 0 Å². The number of benzene rings is 1. The summed E-state index contributed by atoms with van der Waals surface area (Å²) in [5.74, 6) is 0. The Balaban J connectivity index is 2.43. The molecular weight excluding hydrogens is 208 g/mol. The highest BCUT2D eigenvalue weighted by Gasteiger charge is 2.10. The van der Waals surface area contributed by atoms with E-state index < -0.39 is 0 Å². The molecule has 0 saturated carbocycles. The zero-order chi connectivity index (χ0) is 12.4. The molecule has 0 radical (unpaired) electrons. The van der Waals surface area contributed by atoms with E-state index in [4.69, 9.17) is 0 Å². The van der Waals surface area contributed by atoms with Crippen molar-refractivity contribution in [1.29, 1.82) is 0 Å². The SMILES string of the molecule is CCCNCc1c(C)[nH]c2cc(C)cc(C)c12. The Hall–Kier alpha value is -1.28. The fourth-order valence-electron chi connectivity index (χ4n) is 2.54. The molecule has 0 aliphatic carbocycles. The van der Waals surface area contributed by atoms with Crippen LogP contribution < -0.4 is 5.32 Å². The number of hydrogen-bond donors (Lipinski definition) is 2. The maximum absolute atomic E-state index is 3.50. The lowest BCUT2D eigenvalue weighted by molar-refractivity contribution is 0.675. The topological polar surface area (TPSA) is 27.8 Å². The van der Waals surface area contributed by atoms with Crippen molar-refractivity contribution in [2.45, 2.75) is 40.7 Å². The van der Waals surface area contributed by atoms with Gasteiger partial charge < -0.3 is 10.3 Å². The molecule has 0 atom stereocenters. The van der Waals surface area contributed by atoms with Gasteiger partial charge in [0.05, 0.1) is 0 Å². The molecule has 2 nitrogen and oxygen atoms in total. The second-order valence-corrected chi connectivity index (χ2v) is 4.91. The maximum atomic E-state index is 3.50. The van der Waals surface area contributed by atoms with E-state index >= 15 is 0 Å². The number of fused-ring (bicyclic) bond motifs is 1. The quantitative estimate of drug-likeness (QED) is 0.772. The molecule has 1 heterocycles. The van der Waals surface area contributed by atoms with Crippen molar-refractivity contribution in [2.75, 3.05) is 6.54 Å². The van der Waals surface area contributed by atoms with Crippen LogP contribution in [0, 0.1) is 20.8 Å². The first-order valence-corrected chi connectivity index (χ1v) is 6.42. The Kier molecular flexibility index (Phi) is 3.53. The summed E-state index contributed by atoms with van der Waals surface area (Å²) in [5, 5.41) is 4.89. The summed E-state index contributed by atoms with van der Waals surface area (Å²) in [6.07, 6.45) is 1.18. The van der Waals surface area contributed by atoms with Crippen LogP contribution in [0.25, 0.3) is 10.9 Å². The molecule has 2 aromatic rings. The standard InChI is InChI=1S/C15H22N2/c1-5-6-16-9-13-12(4)17-14-8-10(2)7-11(3)15(13)14/h7-8,16-17H,5-6,9H2,1-4H3. The van der Waals surface area contributed by atoms with E-state index in [1.807, 2.05) is 0 Å². The second-order valence-electron chi connectivity index (χ2n) is 4.91. The summed E-state index contributed by atoms with van der Waals surface area (Å²) in [6, 6.07) is 4.50. The Labute approximate surface area is 103 Å². The third-order valence-corrected chi connectivity index (χ3v) is 3.29. The van der Waals surface area contributed by atoms with Crippen molar-refractivity contribution in [3.63, 3.8) is 0 Å². The molecule has 0 unspecified atom stereocenters. The van der Waals surface area contributed by atoms with Crippen molar-refractivity contribution < 1.29 is 0 Å². The molecular formula is C15H22N2. The van der Waals surface area contributed by atoms with Gasteiger partial charge >= 0.3 is 0 Å². The molecule has 2 N–H and O–H groups in total. The fourth-order valence-corrected chi connectivity index (χ4v) is 2.54. The van der Waals surface area contributed by atoms with Crippen LogP contribution in [0.4, 0.5) is 0 Å². The molecule has 17 heavy (non-hydrogen) atoms. The smallest absolute Gasteiger partial charge is 0.0464 e. The number of aromatic amines is 1. The Morgan fingerprint density at radius 2 is 1.94 bits per heavy atom. The highest BCUT2D eigenvalue weighted by atomic mass is 14.9. The van der Waals surface area contributed by atoms with E-state index in [-0.39, 0.29) is 0 Å². The van der Waals surface area contributed by atoms with Crippen LogP contribution in [-0.4, -0.2) is 11.5 Å². The molecule has 92 valence electrons. The van der Waals surface area contributed by atoms with Crippen LogP contribution in [0.1, 0.15) is 35.7 Å². The zero-order valence-electron chi connectivity index (χ0n) is 11.3. The van der Waals surface area contributed by atoms with Gasteiger partial charge in [0.25, 0.3) is 0 Å². The van der Waals surface area contributed by atoms with Crippen LogP contribution >= 0.6 is 0 Å². The largest absolute Gasteiger partial charge is 0.358 e. The second kappa shape index (κ2) is 4.92. The molecule has 2 rings (SSSR count). The Bertz CT molecular complexity index is 523. The Morgan fingerprint density at radius 1 is 1.18 bits per heavy atom. The van der Waals surface area contributed by atoms with Crippen molar-refractivity contribution in [1.82, 2.24) is 10.3 Å². The number of aromatic nitrogens is 1. The number of aryl methyl sites for hydroxylation is 3. The molecule has 0 amide bonds. The molecule has 0 aliphatic rings. The summed E-state index contributed by atoms with van der Waals surface area (Å²) < 4.78 is 0. The lowest BCUT2D eigenvalue weighted by atomic mass is 10.0. The van der Waals surface area contributed by atoms with Crippen LogP contribution in [0.5, 0.6) is 0 Å². The lowest BCUT2D eigenvalue weighted by Gasteiger charge is -2.06. The third-order valence-electron chi connectivity index (χ3n) is 3.29. The van der Waals surface area contributed by atoms with E-state index in [0.29, 0.717) is 0 Å². The number of rotatable bonds is 4. The first-order valence-electron chi connectivity index (χ1n) is 6.42. The van der Waals surface area contributed by atoms with Gasteiger partial charge in [-0.05, 0) is 56.5 Å². The average molecular weight is 230 g/mol. The van der Waals surface area contributed by atoms with Crippen LogP contribution in [0.15, 0.2) is 12.1 Å². The predicted molar refractivity (Wildman–Crippen MR) is 74.5 cm³/mol. The summed E-state index contributed by atoms with van der Waals surface area (Å²) in [4.78, 5) is 3.50. The van der Waals surface area contributed by atoms with Crippen molar-refractivity contribution in [2.24, 2.45) is 0 Å². The van der Waals surface area contributed by atoms with Gasteiger partial charge in [-0.1, -0.05) is 13.0 Å². The minimum absolute atomic E-state index is 0.962. The van der Waals surface area contributed by atoms with Gasteiger partial charge in [0.15, 0.2) is 0 Å². The molecule has 0 aliphatic heterocycles. The average Bonchev–Trinajstić information content (AvgIpc) is 2.55. The van der Waals surface area contributed by atoms with Gasteiger partial charge in [-0.25, -0.2) is 0 Å². The van der Waals surface area contributed by atoms with Crippen LogP contribution in [-0.2, 0) is 6.54 Å². The van der Waals surface area contributed by atoms with Gasteiger partial charge in [-0.15, -0.1) is 0 Å². The maximum Gasteiger partial charge on any atom is 0.0464 e. The molecule has 0 saturated heterocycles. The van der Waals surface area contributed by atoms with E-state index in [2.05, 4.69) is 50.1 Å². The molecule has 0 bridgehead atoms. The number of hydrogen-bond acceptors (Lipinski definition) is 1. The van der Waals surface area contributed by atoms with Crippen molar-refractivity contribution in [3.8, 4) is 0 Å². The van der Waals surface area contributed by atoms with E-state index in [9.17, 15) is 0 Å². The number of H-pyrrole nitrogens is 1. The minimum atomic E-state index is 0.962. The highest BCUT2D eigenvalue weighted by molar-refractivity contribution is 5.88. The van der Waals surface area contributed by atoms with E-state index in [1.54, 1.807) is 0 Å². The predicted octanol–water partition coefficient (Wildman–Crippen LogP) is 3.59. The van der Waals surface area contributed by atoms with Crippen LogP contribution in [0.3, 0.4) is 0 Å². The van der Waals surface area contributed by atoms with Gasteiger partial charge in [0, 0.05) is 23.1 Å². The fraction of sp³-hybridized carbons (Fsp3) is 0.467. The van der Waals surface area contributed by atoms with Crippen LogP contribution in [0.2, 0.25) is 0 Å². The molecule has 2 heteroatoms. The van der Waals surface area contributed by atoms with Crippen molar-refractivity contribution >= 4 is 10.9 Å². The van der Waals surface area contributed by atoms with E-state index in [0.717, 1.165) is 13.1 Å². The Morgan fingerprint density at radius 3 is 2.65 bits per heavy atom. The summed E-state index contributed by atoms with van der Waals surface area (Å²) in [5.41, 5.74) is 6.68. The molecule has 0 spiro atoms. The monoisotopic (exact) mass is 230 g/mol.